The van der Waals surface area contributed by atoms with Crippen molar-refractivity contribution in [1.29, 1.82) is 0 Å². The number of hydrogen-bond donors (Lipinski definition) is 1. The molecule has 0 saturated heterocycles. The third kappa shape index (κ3) is 5.82. The molecule has 1 heterocycles. The van der Waals surface area contributed by atoms with Gasteiger partial charge in [-0.15, -0.1) is 0 Å². The van der Waals surface area contributed by atoms with Gasteiger partial charge in [-0.1, -0.05) is 0 Å². The molecule has 0 spiro atoms. The SMILES string of the molecule is CCN(CC)c1nc(Cl)nc(NCCCCSC)n1. The minimum Gasteiger partial charge on any atom is -0.354 e. The standard InChI is InChI=1S/C12H22ClN5S/c1-4-18(5-2)12-16-10(13)15-11(17-12)14-8-6-7-9-19-3/h4-9H2,1-3H3,(H,14,15,16,17). The molecule has 0 fully saturated rings. The van der Waals surface area contributed by atoms with Gasteiger partial charge < -0.3 is 10.2 Å². The first-order valence-corrected chi connectivity index (χ1v) is 8.37. The topological polar surface area (TPSA) is 53.9 Å². The van der Waals surface area contributed by atoms with Crippen LogP contribution in [0.3, 0.4) is 0 Å². The van der Waals surface area contributed by atoms with Crippen molar-refractivity contribution >= 4 is 35.3 Å². The molecule has 1 rings (SSSR count). The Morgan fingerprint density at radius 3 is 2.53 bits per heavy atom. The molecule has 5 nitrogen and oxygen atoms in total. The highest BCUT2D eigenvalue weighted by atomic mass is 35.5. The van der Waals surface area contributed by atoms with Crippen molar-refractivity contribution in [2.75, 3.05) is 41.9 Å². The van der Waals surface area contributed by atoms with Gasteiger partial charge in [-0.25, -0.2) is 0 Å². The quantitative estimate of drug-likeness (QED) is 0.708. The van der Waals surface area contributed by atoms with Crippen molar-refractivity contribution in [3.63, 3.8) is 0 Å². The van der Waals surface area contributed by atoms with E-state index in [-0.39, 0.29) is 5.28 Å². The summed E-state index contributed by atoms with van der Waals surface area (Å²) in [6, 6.07) is 0. The van der Waals surface area contributed by atoms with Crippen molar-refractivity contribution in [2.24, 2.45) is 0 Å². The zero-order chi connectivity index (χ0) is 14.1. The molecule has 1 N–H and O–H groups in total. The second-order valence-corrected chi connectivity index (χ2v) is 5.35. The molecular weight excluding hydrogens is 282 g/mol. The maximum atomic E-state index is 5.94. The van der Waals surface area contributed by atoms with E-state index in [0.717, 1.165) is 26.1 Å². The summed E-state index contributed by atoms with van der Waals surface area (Å²) in [5.41, 5.74) is 0. The van der Waals surface area contributed by atoms with Gasteiger partial charge in [0.15, 0.2) is 0 Å². The molecule has 0 aromatic carbocycles. The molecule has 0 radical (unpaired) electrons. The van der Waals surface area contributed by atoms with Crippen LogP contribution in [0.2, 0.25) is 5.28 Å². The van der Waals surface area contributed by atoms with Crippen LogP contribution in [0.25, 0.3) is 0 Å². The fourth-order valence-electron chi connectivity index (χ4n) is 1.64. The molecule has 108 valence electrons. The molecule has 0 unspecified atom stereocenters. The van der Waals surface area contributed by atoms with Crippen LogP contribution < -0.4 is 10.2 Å². The average Bonchev–Trinajstić information content (AvgIpc) is 2.39. The van der Waals surface area contributed by atoms with Gasteiger partial charge in [0.1, 0.15) is 0 Å². The first kappa shape index (κ1) is 16.3. The van der Waals surface area contributed by atoms with Crippen LogP contribution in [0.4, 0.5) is 11.9 Å². The fraction of sp³-hybridized carbons (Fsp3) is 0.750. The lowest BCUT2D eigenvalue weighted by Gasteiger charge is -2.18. The second kappa shape index (κ2) is 9.20. The summed E-state index contributed by atoms with van der Waals surface area (Å²) in [5, 5.41) is 3.44. The van der Waals surface area contributed by atoms with Crippen LogP contribution in [0.5, 0.6) is 0 Å². The van der Waals surface area contributed by atoms with Gasteiger partial charge in [0, 0.05) is 19.6 Å². The van der Waals surface area contributed by atoms with Crippen molar-refractivity contribution in [2.45, 2.75) is 26.7 Å². The van der Waals surface area contributed by atoms with Gasteiger partial charge in [-0.3, -0.25) is 0 Å². The number of hydrogen-bond acceptors (Lipinski definition) is 6. The lowest BCUT2D eigenvalue weighted by Crippen LogP contribution is -2.25. The Balaban J connectivity index is 2.58. The summed E-state index contributed by atoms with van der Waals surface area (Å²) in [6.07, 6.45) is 4.41. The van der Waals surface area contributed by atoms with E-state index in [9.17, 15) is 0 Å². The van der Waals surface area contributed by atoms with Crippen molar-refractivity contribution in [1.82, 2.24) is 15.0 Å². The van der Waals surface area contributed by atoms with Crippen molar-refractivity contribution in [3.05, 3.63) is 5.28 Å². The van der Waals surface area contributed by atoms with E-state index < -0.39 is 0 Å². The van der Waals surface area contributed by atoms with E-state index in [1.165, 1.54) is 12.2 Å². The third-order valence-electron chi connectivity index (χ3n) is 2.70. The van der Waals surface area contributed by atoms with E-state index in [4.69, 9.17) is 11.6 Å². The Labute approximate surface area is 124 Å². The third-order valence-corrected chi connectivity index (χ3v) is 3.57. The summed E-state index contributed by atoms with van der Waals surface area (Å²) < 4.78 is 0. The first-order valence-electron chi connectivity index (χ1n) is 6.60. The van der Waals surface area contributed by atoms with Gasteiger partial charge >= 0.3 is 0 Å². The van der Waals surface area contributed by atoms with E-state index >= 15 is 0 Å². The zero-order valence-electron chi connectivity index (χ0n) is 11.8. The predicted molar refractivity (Wildman–Crippen MR) is 84.5 cm³/mol. The normalized spacial score (nSPS) is 10.5. The van der Waals surface area contributed by atoms with Crippen LogP contribution in [-0.4, -0.2) is 46.6 Å². The minimum atomic E-state index is 0.239. The lowest BCUT2D eigenvalue weighted by atomic mass is 10.3. The summed E-state index contributed by atoms with van der Waals surface area (Å²) in [5.74, 6) is 2.38. The van der Waals surface area contributed by atoms with E-state index in [1.807, 2.05) is 16.7 Å². The van der Waals surface area contributed by atoms with Crippen LogP contribution in [0.1, 0.15) is 26.7 Å². The largest absolute Gasteiger partial charge is 0.354 e. The van der Waals surface area contributed by atoms with E-state index in [2.05, 4.69) is 40.4 Å². The highest BCUT2D eigenvalue weighted by molar-refractivity contribution is 7.98. The zero-order valence-corrected chi connectivity index (χ0v) is 13.4. The van der Waals surface area contributed by atoms with Crippen molar-refractivity contribution in [3.8, 4) is 0 Å². The fourth-order valence-corrected chi connectivity index (χ4v) is 2.29. The average molecular weight is 304 g/mol. The minimum absolute atomic E-state index is 0.239. The molecule has 0 amide bonds. The molecule has 1 aromatic rings. The van der Waals surface area contributed by atoms with E-state index in [1.54, 1.807) is 0 Å². The monoisotopic (exact) mass is 303 g/mol. The molecule has 0 aliphatic heterocycles. The lowest BCUT2D eigenvalue weighted by molar-refractivity contribution is 0.801. The van der Waals surface area contributed by atoms with E-state index in [0.29, 0.717) is 11.9 Å². The first-order chi connectivity index (χ1) is 9.21. The molecule has 19 heavy (non-hydrogen) atoms. The number of nitrogens with zero attached hydrogens (tertiary/aromatic N) is 4. The molecule has 0 aliphatic rings. The Hall–Kier alpha value is -0.750. The number of anilines is 2. The summed E-state index contributed by atoms with van der Waals surface area (Å²) in [7, 11) is 0. The Morgan fingerprint density at radius 1 is 1.16 bits per heavy atom. The number of thioether (sulfide) groups is 1. The number of unbranched alkanes of at least 4 members (excludes halogenated alkanes) is 1. The van der Waals surface area contributed by atoms with Gasteiger partial charge in [-0.2, -0.15) is 26.7 Å². The van der Waals surface area contributed by atoms with Crippen LogP contribution in [-0.2, 0) is 0 Å². The predicted octanol–water partition coefficient (Wildman–Crippen LogP) is 2.93. The highest BCUT2D eigenvalue weighted by Crippen LogP contribution is 2.13. The van der Waals surface area contributed by atoms with Crippen LogP contribution in [0, 0.1) is 0 Å². The summed E-state index contributed by atoms with van der Waals surface area (Å²) in [6.45, 7) is 6.69. The molecular formula is C12H22ClN5S. The van der Waals surface area contributed by atoms with Gasteiger partial charge in [0.05, 0.1) is 0 Å². The Bertz CT molecular complexity index is 373. The molecule has 0 atom stereocenters. The molecule has 0 bridgehead atoms. The van der Waals surface area contributed by atoms with Gasteiger partial charge in [-0.05, 0) is 50.3 Å². The highest BCUT2D eigenvalue weighted by Gasteiger charge is 2.09. The van der Waals surface area contributed by atoms with Gasteiger partial charge in [0.2, 0.25) is 17.2 Å². The van der Waals surface area contributed by atoms with Gasteiger partial charge in [0.25, 0.3) is 0 Å². The number of rotatable bonds is 9. The Morgan fingerprint density at radius 2 is 1.89 bits per heavy atom. The molecule has 1 aromatic heterocycles. The second-order valence-electron chi connectivity index (χ2n) is 4.03. The number of halogens is 1. The number of aromatic nitrogens is 3. The van der Waals surface area contributed by atoms with Crippen LogP contribution >= 0.6 is 23.4 Å². The molecule has 0 saturated carbocycles. The maximum Gasteiger partial charge on any atom is 0.231 e. The van der Waals surface area contributed by atoms with Crippen LogP contribution in [0.15, 0.2) is 0 Å². The maximum absolute atomic E-state index is 5.94. The summed E-state index contributed by atoms with van der Waals surface area (Å²) >= 11 is 7.80. The number of nitrogens with one attached hydrogen (secondary N) is 1. The molecule has 0 aliphatic carbocycles. The smallest absolute Gasteiger partial charge is 0.231 e. The summed E-state index contributed by atoms with van der Waals surface area (Å²) in [4.78, 5) is 14.7. The van der Waals surface area contributed by atoms with Crippen molar-refractivity contribution < 1.29 is 0 Å². The Kier molecular flexibility index (Phi) is 7.90. The molecule has 7 heteroatoms.